The molecule has 0 heterocycles. The van der Waals surface area contributed by atoms with Crippen molar-refractivity contribution < 1.29 is 28.9 Å². The van der Waals surface area contributed by atoms with Gasteiger partial charge in [0.1, 0.15) is 0 Å². The summed E-state index contributed by atoms with van der Waals surface area (Å²) in [6, 6.07) is 6.49. The number of hydrogen-bond acceptors (Lipinski definition) is 8. The maximum Gasteiger partial charge on any atom is 0.302 e. The van der Waals surface area contributed by atoms with Gasteiger partial charge in [-0.25, -0.2) is 0 Å². The van der Waals surface area contributed by atoms with Crippen molar-refractivity contribution in [3.8, 4) is 0 Å². The molecule has 0 aliphatic rings. The van der Waals surface area contributed by atoms with E-state index in [1.54, 1.807) is 24.3 Å². The van der Waals surface area contributed by atoms with E-state index in [0.717, 1.165) is 0 Å². The van der Waals surface area contributed by atoms with Gasteiger partial charge in [-0.2, -0.15) is 0 Å². The molecule has 0 atom stereocenters. The number of esters is 2. The van der Waals surface area contributed by atoms with Gasteiger partial charge in [-0.05, 0) is 24.0 Å². The Morgan fingerprint density at radius 1 is 0.800 bits per heavy atom. The molecule has 1 aromatic rings. The number of allylic oxidation sites excluding steroid dienone is 2. The summed E-state index contributed by atoms with van der Waals surface area (Å²) in [5.74, 6) is -0.878. The fourth-order valence-corrected chi connectivity index (χ4v) is 2.44. The van der Waals surface area contributed by atoms with E-state index in [2.05, 4.69) is 0 Å². The fourth-order valence-electron chi connectivity index (χ4n) is 2.44. The van der Waals surface area contributed by atoms with Gasteiger partial charge in [-0.15, -0.1) is 0 Å². The summed E-state index contributed by atoms with van der Waals surface area (Å²) >= 11 is 0. The van der Waals surface area contributed by atoms with E-state index >= 15 is 0 Å². The molecule has 0 spiro atoms. The van der Waals surface area contributed by atoms with Gasteiger partial charge in [0.2, 0.25) is 11.4 Å². The summed E-state index contributed by atoms with van der Waals surface area (Å²) in [5.41, 5.74) is 1.09. The predicted octanol–water partition coefficient (Wildman–Crippen LogP) is 3.61. The van der Waals surface area contributed by atoms with Gasteiger partial charge in [0.15, 0.2) is 0 Å². The number of nitrogens with zero attached hydrogens (tertiary/aromatic N) is 2. The SMILES string of the molecule is CC(=O)OCCC/C(=C\c1ccc(/C=C(\CCCOC(C)=O)[N+](=O)[O-])cc1)[N+](=O)[O-]. The standard InChI is InChI=1S/C20H24N2O8/c1-15(23)29-11-3-5-19(21(25)26)13-17-7-9-18(10-8-17)14-20(22(27)28)6-4-12-30-16(2)24/h7-10,13-14H,3-6,11-12H2,1-2H3/b19-13+,20-14+. The van der Waals surface area contributed by atoms with E-state index in [1.807, 2.05) is 0 Å². The lowest BCUT2D eigenvalue weighted by Gasteiger charge is -2.03. The van der Waals surface area contributed by atoms with Crippen LogP contribution in [0.5, 0.6) is 0 Å². The van der Waals surface area contributed by atoms with Gasteiger partial charge in [0, 0.05) is 38.8 Å². The van der Waals surface area contributed by atoms with Gasteiger partial charge in [0.05, 0.1) is 23.1 Å². The molecule has 0 unspecified atom stereocenters. The molecular formula is C20H24N2O8. The molecule has 0 amide bonds. The van der Waals surface area contributed by atoms with Crippen LogP contribution in [0, 0.1) is 20.2 Å². The second-order valence-electron chi connectivity index (χ2n) is 6.34. The molecule has 0 aliphatic heterocycles. The number of rotatable bonds is 12. The van der Waals surface area contributed by atoms with Crippen molar-refractivity contribution in [1.82, 2.24) is 0 Å². The smallest absolute Gasteiger partial charge is 0.302 e. The lowest BCUT2D eigenvalue weighted by Crippen LogP contribution is -2.04. The van der Waals surface area contributed by atoms with E-state index in [1.165, 1.54) is 26.0 Å². The largest absolute Gasteiger partial charge is 0.466 e. The second kappa shape index (κ2) is 12.8. The molecule has 0 aliphatic carbocycles. The van der Waals surface area contributed by atoms with Gasteiger partial charge >= 0.3 is 11.9 Å². The average molecular weight is 420 g/mol. The van der Waals surface area contributed by atoms with E-state index in [9.17, 15) is 29.8 Å². The first-order valence-electron chi connectivity index (χ1n) is 9.25. The summed E-state index contributed by atoms with van der Waals surface area (Å²) in [6.07, 6.45) is 3.74. The molecule has 1 rings (SSSR count). The van der Waals surface area contributed by atoms with Crippen molar-refractivity contribution in [1.29, 1.82) is 0 Å². The first-order chi connectivity index (χ1) is 14.2. The van der Waals surface area contributed by atoms with Gasteiger partial charge in [-0.1, -0.05) is 24.3 Å². The summed E-state index contributed by atoms with van der Waals surface area (Å²) < 4.78 is 9.53. The monoisotopic (exact) mass is 420 g/mol. The highest BCUT2D eigenvalue weighted by Crippen LogP contribution is 2.17. The summed E-state index contributed by atoms with van der Waals surface area (Å²) in [6.45, 7) is 2.74. The zero-order valence-electron chi connectivity index (χ0n) is 16.9. The molecule has 162 valence electrons. The summed E-state index contributed by atoms with van der Waals surface area (Å²) in [5, 5.41) is 22.4. The first-order valence-corrected chi connectivity index (χ1v) is 9.25. The lowest BCUT2D eigenvalue weighted by atomic mass is 10.1. The van der Waals surface area contributed by atoms with Crippen molar-refractivity contribution in [3.63, 3.8) is 0 Å². The highest BCUT2D eigenvalue weighted by atomic mass is 16.6. The maximum absolute atomic E-state index is 11.2. The minimum atomic E-state index is -0.491. The lowest BCUT2D eigenvalue weighted by molar-refractivity contribution is -0.426. The van der Waals surface area contributed by atoms with Gasteiger partial charge < -0.3 is 9.47 Å². The van der Waals surface area contributed by atoms with Crippen molar-refractivity contribution in [2.75, 3.05) is 13.2 Å². The van der Waals surface area contributed by atoms with Crippen molar-refractivity contribution in [2.24, 2.45) is 0 Å². The maximum atomic E-state index is 11.2. The molecule has 0 radical (unpaired) electrons. The number of nitro groups is 2. The quantitative estimate of drug-likeness (QED) is 0.216. The Morgan fingerprint density at radius 2 is 1.13 bits per heavy atom. The molecule has 10 heteroatoms. The van der Waals surface area contributed by atoms with Crippen LogP contribution >= 0.6 is 0 Å². The van der Waals surface area contributed by atoms with Gasteiger partial charge in [0.25, 0.3) is 0 Å². The van der Waals surface area contributed by atoms with Crippen LogP contribution in [0.1, 0.15) is 50.7 Å². The van der Waals surface area contributed by atoms with Crippen LogP contribution in [0.4, 0.5) is 0 Å². The zero-order chi connectivity index (χ0) is 22.5. The number of carbonyl (C=O) groups is 2. The number of benzene rings is 1. The average Bonchev–Trinajstić information content (AvgIpc) is 2.67. The van der Waals surface area contributed by atoms with Crippen LogP contribution in [0.15, 0.2) is 35.7 Å². The number of ether oxygens (including phenoxy) is 2. The molecule has 0 fully saturated rings. The summed E-state index contributed by atoms with van der Waals surface area (Å²) in [7, 11) is 0. The molecule has 30 heavy (non-hydrogen) atoms. The van der Waals surface area contributed by atoms with E-state index in [-0.39, 0.29) is 37.4 Å². The Hall–Kier alpha value is -3.56. The Kier molecular flexibility index (Phi) is 10.5. The highest BCUT2D eigenvalue weighted by Gasteiger charge is 2.13. The topological polar surface area (TPSA) is 139 Å². The molecule has 0 bridgehead atoms. The van der Waals surface area contributed by atoms with Crippen molar-refractivity contribution >= 4 is 24.1 Å². The third-order valence-electron chi connectivity index (χ3n) is 3.84. The van der Waals surface area contributed by atoms with E-state index in [0.29, 0.717) is 24.0 Å². The third kappa shape index (κ3) is 10.1. The van der Waals surface area contributed by atoms with Crippen molar-refractivity contribution in [3.05, 3.63) is 67.0 Å². The minimum absolute atomic E-state index is 0.0260. The van der Waals surface area contributed by atoms with Crippen LogP contribution < -0.4 is 0 Å². The normalized spacial score (nSPS) is 11.7. The predicted molar refractivity (Wildman–Crippen MR) is 108 cm³/mol. The van der Waals surface area contributed by atoms with Gasteiger partial charge in [-0.3, -0.25) is 29.8 Å². The second-order valence-corrected chi connectivity index (χ2v) is 6.34. The van der Waals surface area contributed by atoms with E-state index in [4.69, 9.17) is 9.47 Å². The molecule has 0 N–H and O–H groups in total. The number of carbonyl (C=O) groups excluding carboxylic acids is 2. The number of hydrogen-bond donors (Lipinski definition) is 0. The Labute approximate surface area is 173 Å². The molecular weight excluding hydrogens is 396 g/mol. The highest BCUT2D eigenvalue weighted by molar-refractivity contribution is 5.66. The molecule has 0 saturated heterocycles. The molecule has 1 aromatic carbocycles. The van der Waals surface area contributed by atoms with Crippen LogP contribution in [0.2, 0.25) is 0 Å². The van der Waals surface area contributed by atoms with Crippen LogP contribution in [-0.4, -0.2) is 35.0 Å². The van der Waals surface area contributed by atoms with Crippen molar-refractivity contribution in [2.45, 2.75) is 39.5 Å². The van der Waals surface area contributed by atoms with Crippen LogP contribution in [0.3, 0.4) is 0 Å². The van der Waals surface area contributed by atoms with Crippen LogP contribution in [-0.2, 0) is 19.1 Å². The van der Waals surface area contributed by atoms with E-state index < -0.39 is 21.8 Å². The Bertz CT molecular complexity index is 759. The molecule has 0 saturated carbocycles. The minimum Gasteiger partial charge on any atom is -0.466 e. The Morgan fingerprint density at radius 3 is 1.40 bits per heavy atom. The summed E-state index contributed by atoms with van der Waals surface area (Å²) in [4.78, 5) is 42.9. The van der Waals surface area contributed by atoms with Crippen LogP contribution in [0.25, 0.3) is 12.2 Å². The molecule has 10 nitrogen and oxygen atoms in total. The molecule has 0 aromatic heterocycles. The Balaban J connectivity index is 2.80. The zero-order valence-corrected chi connectivity index (χ0v) is 16.9. The third-order valence-corrected chi connectivity index (χ3v) is 3.84. The fraction of sp³-hybridized carbons (Fsp3) is 0.400. The first kappa shape index (κ1) is 24.5.